The molecule has 1 saturated carbocycles. The average Bonchev–Trinajstić information content (AvgIpc) is 2.83. The Morgan fingerprint density at radius 3 is 2.59 bits per heavy atom. The van der Waals surface area contributed by atoms with E-state index in [0.29, 0.717) is 10.8 Å². The van der Waals surface area contributed by atoms with Gasteiger partial charge in [0.2, 0.25) is 0 Å². The number of fused-ring (bicyclic) bond motifs is 1. The van der Waals surface area contributed by atoms with Gasteiger partial charge in [-0.25, -0.2) is 0 Å². The third-order valence-corrected chi connectivity index (χ3v) is 4.63. The first-order valence-corrected chi connectivity index (χ1v) is 6.80. The summed E-state index contributed by atoms with van der Waals surface area (Å²) in [6.07, 6.45) is 4.17. The van der Waals surface area contributed by atoms with Gasteiger partial charge in [0, 0.05) is 30.2 Å². The Morgan fingerprint density at radius 2 is 1.94 bits per heavy atom. The molecule has 2 fully saturated rings. The molecule has 1 saturated heterocycles. The van der Waals surface area contributed by atoms with Gasteiger partial charge in [-0.05, 0) is 36.8 Å². The topological polar surface area (TPSA) is 23.5 Å². The zero-order chi connectivity index (χ0) is 11.8. The van der Waals surface area contributed by atoms with E-state index in [1.54, 1.807) is 12.1 Å². The van der Waals surface area contributed by atoms with Crippen LogP contribution in [-0.2, 0) is 6.54 Å². The number of halogens is 1. The van der Waals surface area contributed by atoms with Gasteiger partial charge in [0.05, 0.1) is 0 Å². The molecule has 0 amide bonds. The summed E-state index contributed by atoms with van der Waals surface area (Å²) in [5.41, 5.74) is 0.883. The molecule has 3 rings (SSSR count). The van der Waals surface area contributed by atoms with E-state index in [1.165, 1.54) is 32.4 Å². The molecular weight excluding hydrogens is 234 g/mol. The second kappa shape index (κ2) is 4.51. The molecule has 0 aromatic heterocycles. The minimum atomic E-state index is 0.328. The second-order valence-electron chi connectivity index (χ2n) is 5.38. The van der Waals surface area contributed by atoms with Gasteiger partial charge in [0.1, 0.15) is 5.75 Å². The molecule has 0 bridgehead atoms. The van der Waals surface area contributed by atoms with Gasteiger partial charge in [0.25, 0.3) is 0 Å². The van der Waals surface area contributed by atoms with Crippen LogP contribution in [0.3, 0.4) is 0 Å². The molecule has 17 heavy (non-hydrogen) atoms. The number of likely N-dealkylation sites (tertiary alicyclic amines) is 1. The number of hydrogen-bond acceptors (Lipinski definition) is 2. The summed E-state index contributed by atoms with van der Waals surface area (Å²) in [7, 11) is 0. The van der Waals surface area contributed by atoms with Crippen molar-refractivity contribution >= 4 is 11.6 Å². The van der Waals surface area contributed by atoms with Crippen molar-refractivity contribution in [2.75, 3.05) is 13.1 Å². The first kappa shape index (κ1) is 11.4. The van der Waals surface area contributed by atoms with E-state index in [1.807, 2.05) is 6.07 Å². The Bertz CT molecular complexity index is 388. The van der Waals surface area contributed by atoms with E-state index in [4.69, 9.17) is 11.6 Å². The van der Waals surface area contributed by atoms with E-state index in [-0.39, 0.29) is 0 Å². The molecule has 2 aliphatic rings. The maximum atomic E-state index is 9.84. The summed E-state index contributed by atoms with van der Waals surface area (Å²) in [4.78, 5) is 2.44. The fourth-order valence-corrected chi connectivity index (χ4v) is 3.62. The summed E-state index contributed by atoms with van der Waals surface area (Å²) >= 11 is 6.14. The van der Waals surface area contributed by atoms with Gasteiger partial charge in [-0.3, -0.25) is 4.90 Å². The Balaban J connectivity index is 1.72. The molecule has 0 radical (unpaired) electrons. The summed E-state index contributed by atoms with van der Waals surface area (Å²) in [5.74, 6) is 2.11. The molecule has 1 aliphatic carbocycles. The van der Waals surface area contributed by atoms with Gasteiger partial charge in [-0.1, -0.05) is 24.1 Å². The van der Waals surface area contributed by atoms with Crippen LogP contribution in [0.4, 0.5) is 0 Å². The van der Waals surface area contributed by atoms with Crippen molar-refractivity contribution in [1.29, 1.82) is 0 Å². The maximum absolute atomic E-state index is 9.84. The molecule has 92 valence electrons. The second-order valence-corrected chi connectivity index (χ2v) is 5.79. The zero-order valence-electron chi connectivity index (χ0n) is 9.90. The Morgan fingerprint density at radius 1 is 1.24 bits per heavy atom. The number of aromatic hydroxyl groups is 1. The predicted molar refractivity (Wildman–Crippen MR) is 69.2 cm³/mol. The minimum Gasteiger partial charge on any atom is -0.508 e. The summed E-state index contributed by atoms with van der Waals surface area (Å²) in [6.45, 7) is 3.14. The molecule has 0 spiro atoms. The lowest BCUT2D eigenvalue weighted by Crippen LogP contribution is -2.21. The molecule has 1 heterocycles. The van der Waals surface area contributed by atoms with Crippen LogP contribution >= 0.6 is 11.6 Å². The highest BCUT2D eigenvalue weighted by atomic mass is 35.5. The largest absolute Gasteiger partial charge is 0.508 e. The van der Waals surface area contributed by atoms with Crippen LogP contribution < -0.4 is 0 Å². The Hall–Kier alpha value is -0.730. The van der Waals surface area contributed by atoms with E-state index >= 15 is 0 Å². The lowest BCUT2D eigenvalue weighted by Gasteiger charge is -2.18. The van der Waals surface area contributed by atoms with Crippen LogP contribution in [0.25, 0.3) is 0 Å². The molecule has 1 aromatic carbocycles. The number of rotatable bonds is 2. The Kier molecular flexibility index (Phi) is 3.01. The normalized spacial score (nSPS) is 28.5. The van der Waals surface area contributed by atoms with Gasteiger partial charge in [-0.2, -0.15) is 0 Å². The van der Waals surface area contributed by atoms with Gasteiger partial charge >= 0.3 is 0 Å². The molecular formula is C14H18ClNO. The van der Waals surface area contributed by atoms with Crippen LogP contribution in [0.1, 0.15) is 24.8 Å². The SMILES string of the molecule is Oc1cccc(Cl)c1CN1CC2CCCC2C1. The summed E-state index contributed by atoms with van der Waals surface area (Å²) in [5, 5.41) is 10.5. The van der Waals surface area contributed by atoms with Crippen molar-refractivity contribution in [3.05, 3.63) is 28.8 Å². The summed E-state index contributed by atoms with van der Waals surface area (Å²) < 4.78 is 0. The highest BCUT2D eigenvalue weighted by Gasteiger charge is 2.36. The van der Waals surface area contributed by atoms with Crippen molar-refractivity contribution < 1.29 is 5.11 Å². The van der Waals surface area contributed by atoms with Crippen LogP contribution in [0.5, 0.6) is 5.75 Å². The van der Waals surface area contributed by atoms with E-state index in [9.17, 15) is 5.11 Å². The average molecular weight is 252 g/mol. The van der Waals surface area contributed by atoms with Gasteiger partial charge in [-0.15, -0.1) is 0 Å². The smallest absolute Gasteiger partial charge is 0.121 e. The van der Waals surface area contributed by atoms with Gasteiger partial charge in [0.15, 0.2) is 0 Å². The molecule has 2 atom stereocenters. The molecule has 2 unspecified atom stereocenters. The van der Waals surface area contributed by atoms with Crippen molar-refractivity contribution in [1.82, 2.24) is 4.90 Å². The maximum Gasteiger partial charge on any atom is 0.121 e. The third kappa shape index (κ3) is 2.16. The highest BCUT2D eigenvalue weighted by molar-refractivity contribution is 6.31. The van der Waals surface area contributed by atoms with Crippen molar-refractivity contribution in [2.45, 2.75) is 25.8 Å². The molecule has 2 nitrogen and oxygen atoms in total. The fraction of sp³-hybridized carbons (Fsp3) is 0.571. The summed E-state index contributed by atoms with van der Waals surface area (Å²) in [6, 6.07) is 5.37. The first-order chi connectivity index (χ1) is 8.24. The minimum absolute atomic E-state index is 0.328. The van der Waals surface area contributed by atoms with Crippen LogP contribution in [0.15, 0.2) is 18.2 Å². The fourth-order valence-electron chi connectivity index (χ4n) is 3.39. The molecule has 3 heteroatoms. The van der Waals surface area contributed by atoms with Gasteiger partial charge < -0.3 is 5.11 Å². The van der Waals surface area contributed by atoms with E-state index < -0.39 is 0 Å². The van der Waals surface area contributed by atoms with Crippen LogP contribution in [0.2, 0.25) is 5.02 Å². The Labute approximate surface area is 107 Å². The molecule has 1 aliphatic heterocycles. The van der Waals surface area contributed by atoms with E-state index in [2.05, 4.69) is 4.90 Å². The van der Waals surface area contributed by atoms with Crippen molar-refractivity contribution in [3.63, 3.8) is 0 Å². The van der Waals surface area contributed by atoms with Crippen LogP contribution in [0, 0.1) is 11.8 Å². The number of hydrogen-bond donors (Lipinski definition) is 1. The highest BCUT2D eigenvalue weighted by Crippen LogP contribution is 2.39. The first-order valence-electron chi connectivity index (χ1n) is 6.43. The standard InChI is InChI=1S/C14H18ClNO/c15-13-5-2-6-14(17)12(13)9-16-7-10-3-1-4-11(10)8-16/h2,5-6,10-11,17H,1,3-4,7-9H2. The van der Waals surface area contributed by atoms with E-state index in [0.717, 1.165) is 23.9 Å². The lowest BCUT2D eigenvalue weighted by molar-refractivity contribution is 0.298. The predicted octanol–water partition coefficient (Wildman–Crippen LogP) is 3.28. The van der Waals surface area contributed by atoms with Crippen molar-refractivity contribution in [2.24, 2.45) is 11.8 Å². The number of nitrogens with zero attached hydrogens (tertiary/aromatic N) is 1. The number of phenolic OH excluding ortho intramolecular Hbond substituents is 1. The van der Waals surface area contributed by atoms with Crippen LogP contribution in [-0.4, -0.2) is 23.1 Å². The number of phenols is 1. The quantitative estimate of drug-likeness (QED) is 0.872. The monoisotopic (exact) mass is 251 g/mol. The lowest BCUT2D eigenvalue weighted by atomic mass is 10.0. The third-order valence-electron chi connectivity index (χ3n) is 4.28. The number of benzene rings is 1. The zero-order valence-corrected chi connectivity index (χ0v) is 10.7. The van der Waals surface area contributed by atoms with Crippen molar-refractivity contribution in [3.8, 4) is 5.75 Å². The molecule has 1 aromatic rings. The molecule has 1 N–H and O–H groups in total.